The molecule has 2 amide bonds. The number of likely N-dealkylation sites (tertiary alicyclic amines) is 1. The van der Waals surface area contributed by atoms with Crippen molar-refractivity contribution in [2.45, 2.75) is 18.5 Å². The summed E-state index contributed by atoms with van der Waals surface area (Å²) in [7, 11) is 1.60. The molecule has 4 rings (SSSR count). The van der Waals surface area contributed by atoms with Gasteiger partial charge in [0.2, 0.25) is 5.91 Å². The highest BCUT2D eigenvalue weighted by molar-refractivity contribution is 6.47. The summed E-state index contributed by atoms with van der Waals surface area (Å²) in [6, 6.07) is 14.4. The fourth-order valence-corrected chi connectivity index (χ4v) is 3.98. The Morgan fingerprint density at radius 1 is 1.23 bits per heavy atom. The number of piperidine rings is 1. The van der Waals surface area contributed by atoms with Crippen molar-refractivity contribution in [3.05, 3.63) is 59.1 Å². The van der Waals surface area contributed by atoms with Gasteiger partial charge < -0.3 is 15.4 Å². The van der Waals surface area contributed by atoms with Gasteiger partial charge in [0.25, 0.3) is 5.91 Å². The minimum Gasteiger partial charge on any atom is -0.497 e. The maximum atomic E-state index is 12.5. The van der Waals surface area contributed by atoms with Crippen molar-refractivity contribution in [2.24, 2.45) is 4.99 Å². The third-order valence-electron chi connectivity index (χ3n) is 5.41. The zero-order valence-electron chi connectivity index (χ0n) is 16.7. The summed E-state index contributed by atoms with van der Waals surface area (Å²) in [4.78, 5) is 31.7. The highest BCUT2D eigenvalue weighted by Gasteiger charge is 2.42. The van der Waals surface area contributed by atoms with Gasteiger partial charge in [-0.2, -0.15) is 0 Å². The van der Waals surface area contributed by atoms with Crippen molar-refractivity contribution in [3.8, 4) is 5.75 Å². The van der Waals surface area contributed by atoms with Crippen LogP contribution in [-0.2, 0) is 9.59 Å². The topological polar surface area (TPSA) is 83.0 Å². The number of carbonyl (C=O) groups excluding carboxylic acids is 2. The molecule has 8 heteroatoms. The number of nitrogens with zero attached hydrogens (tertiary/aromatic N) is 2. The predicted molar refractivity (Wildman–Crippen MR) is 116 cm³/mol. The number of halogens is 1. The Balaban J connectivity index is 1.34. The van der Waals surface area contributed by atoms with Crippen molar-refractivity contribution in [3.63, 3.8) is 0 Å². The summed E-state index contributed by atoms with van der Waals surface area (Å²) < 4.78 is 5.12. The van der Waals surface area contributed by atoms with Crippen LogP contribution in [0.4, 0.5) is 5.69 Å². The quantitative estimate of drug-likeness (QED) is 0.770. The van der Waals surface area contributed by atoms with Crippen LogP contribution >= 0.6 is 11.6 Å². The molecule has 0 unspecified atom stereocenters. The van der Waals surface area contributed by atoms with Gasteiger partial charge in [0.05, 0.1) is 13.7 Å². The average Bonchev–Trinajstić information content (AvgIpc) is 3.06. The van der Waals surface area contributed by atoms with E-state index in [-0.39, 0.29) is 11.8 Å². The smallest absolute Gasteiger partial charge is 0.272 e. The molecule has 30 heavy (non-hydrogen) atoms. The van der Waals surface area contributed by atoms with E-state index < -0.39 is 5.66 Å². The maximum absolute atomic E-state index is 12.5. The molecule has 0 aromatic heterocycles. The Morgan fingerprint density at radius 2 is 1.97 bits per heavy atom. The van der Waals surface area contributed by atoms with Crippen LogP contribution in [0.2, 0.25) is 5.02 Å². The first-order chi connectivity index (χ1) is 14.5. The van der Waals surface area contributed by atoms with Crippen molar-refractivity contribution < 1.29 is 14.3 Å². The van der Waals surface area contributed by atoms with Crippen LogP contribution in [0.3, 0.4) is 0 Å². The van der Waals surface area contributed by atoms with Crippen LogP contribution in [0.25, 0.3) is 0 Å². The highest BCUT2D eigenvalue weighted by Crippen LogP contribution is 2.29. The molecule has 2 N–H and O–H groups in total. The minimum atomic E-state index is -0.600. The van der Waals surface area contributed by atoms with Crippen LogP contribution in [0.1, 0.15) is 18.4 Å². The number of amides is 2. The average molecular weight is 427 g/mol. The van der Waals surface area contributed by atoms with E-state index in [1.165, 1.54) is 0 Å². The van der Waals surface area contributed by atoms with Gasteiger partial charge in [-0.3, -0.25) is 19.5 Å². The molecule has 2 aromatic rings. The number of rotatable bonds is 5. The molecule has 0 bridgehead atoms. The van der Waals surface area contributed by atoms with Crippen LogP contribution in [0, 0.1) is 0 Å². The molecule has 1 spiro atoms. The van der Waals surface area contributed by atoms with Crippen molar-refractivity contribution in [1.82, 2.24) is 10.2 Å². The van der Waals surface area contributed by atoms with Gasteiger partial charge >= 0.3 is 0 Å². The van der Waals surface area contributed by atoms with Crippen molar-refractivity contribution >= 4 is 34.8 Å². The van der Waals surface area contributed by atoms with E-state index in [0.29, 0.717) is 43.2 Å². The fraction of sp³-hybridized carbons (Fsp3) is 0.318. The van der Waals surface area contributed by atoms with E-state index >= 15 is 0 Å². The predicted octanol–water partition coefficient (Wildman–Crippen LogP) is 2.70. The minimum absolute atomic E-state index is 0.0744. The van der Waals surface area contributed by atoms with Crippen LogP contribution in [-0.4, -0.2) is 54.8 Å². The number of carbonyl (C=O) groups is 2. The SMILES string of the molecule is COc1ccc(NC(=O)CN2CCC3(CC2)N=C(c2cccc(Cl)c2)C(=O)N3)cc1. The lowest BCUT2D eigenvalue weighted by molar-refractivity contribution is -0.119. The van der Waals surface area contributed by atoms with Gasteiger partial charge in [-0.15, -0.1) is 0 Å². The molecule has 0 atom stereocenters. The van der Waals surface area contributed by atoms with E-state index in [2.05, 4.69) is 15.5 Å². The number of hydrogen-bond donors (Lipinski definition) is 2. The molecular formula is C22H23ClN4O3. The number of methoxy groups -OCH3 is 1. The van der Waals surface area contributed by atoms with Gasteiger partial charge in [-0.25, -0.2) is 0 Å². The first-order valence-electron chi connectivity index (χ1n) is 9.81. The number of hydrogen-bond acceptors (Lipinski definition) is 5. The summed E-state index contributed by atoms with van der Waals surface area (Å²) in [6.07, 6.45) is 1.30. The third-order valence-corrected chi connectivity index (χ3v) is 5.64. The van der Waals surface area contributed by atoms with E-state index in [1.54, 1.807) is 31.4 Å². The lowest BCUT2D eigenvalue weighted by atomic mass is 9.98. The molecule has 7 nitrogen and oxygen atoms in total. The van der Waals surface area contributed by atoms with Crippen LogP contribution in [0.15, 0.2) is 53.5 Å². The number of anilines is 1. The monoisotopic (exact) mass is 426 g/mol. The first-order valence-corrected chi connectivity index (χ1v) is 10.2. The molecule has 1 fully saturated rings. The molecule has 2 aromatic carbocycles. The van der Waals surface area contributed by atoms with Crippen molar-refractivity contribution in [2.75, 3.05) is 32.1 Å². The number of ether oxygens (including phenoxy) is 1. The molecule has 2 aliphatic heterocycles. The molecule has 2 heterocycles. The Kier molecular flexibility index (Phi) is 5.74. The Labute approximate surface area is 180 Å². The van der Waals surface area contributed by atoms with Gasteiger partial charge in [0, 0.05) is 42.2 Å². The number of benzene rings is 2. The summed E-state index contributed by atoms with van der Waals surface area (Å²) in [5, 5.41) is 6.50. The molecule has 0 aliphatic carbocycles. The normalized spacial score (nSPS) is 18.1. The molecule has 156 valence electrons. The lowest BCUT2D eigenvalue weighted by Gasteiger charge is -2.36. The van der Waals surface area contributed by atoms with E-state index in [1.807, 2.05) is 24.3 Å². The maximum Gasteiger partial charge on any atom is 0.272 e. The van der Waals surface area contributed by atoms with Gasteiger partial charge in [-0.05, 0) is 36.4 Å². The Morgan fingerprint density at radius 3 is 2.63 bits per heavy atom. The largest absolute Gasteiger partial charge is 0.497 e. The van der Waals surface area contributed by atoms with E-state index in [4.69, 9.17) is 21.3 Å². The summed E-state index contributed by atoms with van der Waals surface area (Å²) >= 11 is 6.05. The highest BCUT2D eigenvalue weighted by atomic mass is 35.5. The second kappa shape index (κ2) is 8.45. The second-order valence-corrected chi connectivity index (χ2v) is 7.95. The molecule has 2 aliphatic rings. The Bertz CT molecular complexity index is 982. The zero-order chi connectivity index (χ0) is 21.1. The molecular weight excluding hydrogens is 404 g/mol. The number of aliphatic imine (C=N–C) groups is 1. The molecule has 1 saturated heterocycles. The second-order valence-electron chi connectivity index (χ2n) is 7.51. The zero-order valence-corrected chi connectivity index (χ0v) is 17.4. The van der Waals surface area contributed by atoms with Gasteiger partial charge in [-0.1, -0.05) is 23.7 Å². The van der Waals surface area contributed by atoms with Gasteiger partial charge in [0.15, 0.2) is 0 Å². The summed E-state index contributed by atoms with van der Waals surface area (Å²) in [5.41, 5.74) is 1.27. The van der Waals surface area contributed by atoms with E-state index in [9.17, 15) is 9.59 Å². The van der Waals surface area contributed by atoms with Crippen LogP contribution < -0.4 is 15.4 Å². The van der Waals surface area contributed by atoms with Crippen molar-refractivity contribution in [1.29, 1.82) is 0 Å². The third kappa shape index (κ3) is 4.47. The first kappa shape index (κ1) is 20.4. The summed E-state index contributed by atoms with van der Waals surface area (Å²) in [5.74, 6) is 0.489. The summed E-state index contributed by atoms with van der Waals surface area (Å²) in [6.45, 7) is 1.63. The molecule has 0 saturated carbocycles. The van der Waals surface area contributed by atoms with Gasteiger partial charge in [0.1, 0.15) is 17.1 Å². The van der Waals surface area contributed by atoms with E-state index in [0.717, 1.165) is 17.0 Å². The lowest BCUT2D eigenvalue weighted by Crippen LogP contribution is -2.52. The number of nitrogens with one attached hydrogen (secondary N) is 2. The standard InChI is InChI=1S/C22H23ClN4O3/c1-30-18-7-5-17(6-8-18)24-19(28)14-27-11-9-22(10-12-27)25-20(21(29)26-22)15-3-2-4-16(23)13-15/h2-8,13H,9-12,14H2,1H3,(H,24,28)(H,26,29). The molecule has 0 radical (unpaired) electrons. The van der Waals surface area contributed by atoms with Crippen LogP contribution in [0.5, 0.6) is 5.75 Å². The fourth-order valence-electron chi connectivity index (χ4n) is 3.79. The Hall–Kier alpha value is -2.90.